The van der Waals surface area contributed by atoms with Gasteiger partial charge in [0.1, 0.15) is 12.4 Å². The Balaban J connectivity index is 2.64. The zero-order chi connectivity index (χ0) is 13.1. The molecule has 0 aliphatic heterocycles. The molecule has 17 heavy (non-hydrogen) atoms. The van der Waals surface area contributed by atoms with E-state index in [1.54, 1.807) is 25.1 Å². The second-order valence-electron chi connectivity index (χ2n) is 3.66. The monoisotopic (exact) mass is 246 g/mol. The predicted molar refractivity (Wildman–Crippen MR) is 57.9 cm³/mol. The number of hydrogen-bond donors (Lipinski definition) is 2. The third kappa shape index (κ3) is 4.44. The fourth-order valence-corrected chi connectivity index (χ4v) is 1.30. The number of aryl methyl sites for hydroxylation is 1. The van der Waals surface area contributed by atoms with Gasteiger partial charge in [-0.1, -0.05) is 12.1 Å². The Hall–Kier alpha value is -1.56. The molecule has 1 aromatic rings. The quantitative estimate of drug-likeness (QED) is 0.633. The van der Waals surface area contributed by atoms with Gasteiger partial charge >= 0.3 is 6.18 Å². The van der Waals surface area contributed by atoms with Crippen molar-refractivity contribution in [2.45, 2.75) is 19.7 Å². The molecule has 3 N–H and O–H groups in total. The lowest BCUT2D eigenvalue weighted by molar-refractivity contribution is -0.176. The van der Waals surface area contributed by atoms with Crippen molar-refractivity contribution in [3.05, 3.63) is 34.9 Å². The van der Waals surface area contributed by atoms with Gasteiger partial charge in [0.25, 0.3) is 0 Å². The molecule has 0 radical (unpaired) electrons. The van der Waals surface area contributed by atoms with E-state index in [0.717, 1.165) is 5.56 Å². The van der Waals surface area contributed by atoms with E-state index in [0.29, 0.717) is 11.1 Å². The summed E-state index contributed by atoms with van der Waals surface area (Å²) in [4.78, 5) is 0. The molecule has 0 amide bonds. The fourth-order valence-electron chi connectivity index (χ4n) is 1.30. The fraction of sp³-hybridized carbons (Fsp3) is 0.364. The van der Waals surface area contributed by atoms with E-state index in [-0.39, 0.29) is 12.4 Å². The van der Waals surface area contributed by atoms with Crippen molar-refractivity contribution in [2.24, 2.45) is 5.73 Å². The molecule has 0 fully saturated rings. The molecule has 0 aromatic heterocycles. The first-order chi connectivity index (χ1) is 7.79. The molecule has 0 aliphatic rings. The van der Waals surface area contributed by atoms with Gasteiger partial charge in [-0.25, -0.2) is 0 Å². The Morgan fingerprint density at radius 1 is 1.41 bits per heavy atom. The summed E-state index contributed by atoms with van der Waals surface area (Å²) >= 11 is 0. The second-order valence-corrected chi connectivity index (χ2v) is 3.66. The van der Waals surface area contributed by atoms with Gasteiger partial charge in [-0.05, 0) is 24.1 Å². The minimum atomic E-state index is -4.31. The summed E-state index contributed by atoms with van der Waals surface area (Å²) in [5.74, 6) is -0.0733. The summed E-state index contributed by atoms with van der Waals surface area (Å²) in [5, 5.41) is 7.22. The van der Waals surface area contributed by atoms with Crippen molar-refractivity contribution in [3.63, 3.8) is 0 Å². The lowest BCUT2D eigenvalue weighted by atomic mass is 10.1. The lowest BCUT2D eigenvalue weighted by Gasteiger charge is -2.10. The molecule has 3 nitrogen and oxygen atoms in total. The van der Waals surface area contributed by atoms with Gasteiger partial charge in [-0.3, -0.25) is 5.41 Å². The number of hydrogen-bond acceptors (Lipinski definition) is 2. The van der Waals surface area contributed by atoms with Crippen LogP contribution >= 0.6 is 0 Å². The van der Waals surface area contributed by atoms with E-state index >= 15 is 0 Å². The normalized spacial score (nSPS) is 11.5. The maximum Gasteiger partial charge on any atom is 0.411 e. The Morgan fingerprint density at radius 2 is 2.06 bits per heavy atom. The van der Waals surface area contributed by atoms with Crippen molar-refractivity contribution in [2.75, 3.05) is 6.61 Å². The summed E-state index contributed by atoms with van der Waals surface area (Å²) < 4.78 is 40.1. The van der Waals surface area contributed by atoms with Gasteiger partial charge in [0.05, 0.1) is 6.61 Å². The van der Waals surface area contributed by atoms with Crippen molar-refractivity contribution >= 4 is 5.84 Å². The molecule has 1 aromatic carbocycles. The number of halogens is 3. The summed E-state index contributed by atoms with van der Waals surface area (Å²) in [7, 11) is 0. The van der Waals surface area contributed by atoms with E-state index in [2.05, 4.69) is 4.74 Å². The molecule has 0 aliphatic carbocycles. The van der Waals surface area contributed by atoms with Crippen LogP contribution in [0, 0.1) is 12.3 Å². The van der Waals surface area contributed by atoms with Crippen molar-refractivity contribution < 1.29 is 17.9 Å². The summed E-state index contributed by atoms with van der Waals surface area (Å²) in [6, 6.07) is 4.85. The Bertz CT molecular complexity index is 416. The van der Waals surface area contributed by atoms with Crippen LogP contribution in [0.3, 0.4) is 0 Å². The second kappa shape index (κ2) is 5.18. The van der Waals surface area contributed by atoms with Crippen LogP contribution in [0.1, 0.15) is 16.7 Å². The molecule has 0 heterocycles. The van der Waals surface area contributed by atoms with Gasteiger partial charge < -0.3 is 10.5 Å². The van der Waals surface area contributed by atoms with Crippen LogP contribution in [0.4, 0.5) is 13.2 Å². The van der Waals surface area contributed by atoms with Gasteiger partial charge in [-0.15, -0.1) is 0 Å². The van der Waals surface area contributed by atoms with E-state index in [1.807, 2.05) is 0 Å². The molecule has 94 valence electrons. The van der Waals surface area contributed by atoms with Crippen LogP contribution in [-0.4, -0.2) is 18.6 Å². The van der Waals surface area contributed by atoms with E-state index in [4.69, 9.17) is 11.1 Å². The van der Waals surface area contributed by atoms with Crippen LogP contribution < -0.4 is 5.73 Å². The van der Waals surface area contributed by atoms with Crippen LogP contribution in [-0.2, 0) is 11.3 Å². The average molecular weight is 246 g/mol. The topological polar surface area (TPSA) is 59.1 Å². The Labute approximate surface area is 96.9 Å². The number of nitrogens with two attached hydrogens (primary N) is 1. The predicted octanol–water partition coefficient (Wildman–Crippen LogP) is 2.36. The third-order valence-electron chi connectivity index (χ3n) is 2.18. The molecular weight excluding hydrogens is 233 g/mol. The minimum absolute atomic E-state index is 0.0733. The molecule has 6 heteroatoms. The van der Waals surface area contributed by atoms with E-state index in [1.165, 1.54) is 0 Å². The summed E-state index contributed by atoms with van der Waals surface area (Å²) in [6.07, 6.45) is -4.31. The van der Waals surface area contributed by atoms with Crippen molar-refractivity contribution in [1.82, 2.24) is 0 Å². The Morgan fingerprint density at radius 3 is 2.53 bits per heavy atom. The number of rotatable bonds is 4. The first-order valence-electron chi connectivity index (χ1n) is 4.88. The molecule has 0 saturated carbocycles. The highest BCUT2D eigenvalue weighted by Crippen LogP contribution is 2.17. The third-order valence-corrected chi connectivity index (χ3v) is 2.18. The van der Waals surface area contributed by atoms with Crippen LogP contribution in [0.5, 0.6) is 0 Å². The molecule has 0 saturated heterocycles. The smallest absolute Gasteiger partial charge is 0.384 e. The summed E-state index contributed by atoms with van der Waals surface area (Å²) in [6.45, 7) is 0.364. The Kier molecular flexibility index (Phi) is 4.11. The number of alkyl halides is 3. The first-order valence-corrected chi connectivity index (χ1v) is 4.88. The zero-order valence-corrected chi connectivity index (χ0v) is 9.27. The highest BCUT2D eigenvalue weighted by atomic mass is 19.4. The number of ether oxygens (including phenoxy) is 1. The lowest BCUT2D eigenvalue weighted by Crippen LogP contribution is -2.17. The molecule has 0 atom stereocenters. The van der Waals surface area contributed by atoms with Crippen LogP contribution in [0.2, 0.25) is 0 Å². The number of nitrogens with one attached hydrogen (secondary N) is 1. The number of benzene rings is 1. The van der Waals surface area contributed by atoms with Crippen molar-refractivity contribution in [3.8, 4) is 0 Å². The van der Waals surface area contributed by atoms with Crippen LogP contribution in [0.15, 0.2) is 18.2 Å². The maximum absolute atomic E-state index is 11.9. The maximum atomic E-state index is 11.9. The number of nitrogen functional groups attached to an aromatic ring is 1. The standard InChI is InChI=1S/C11H13F3N2O/c1-7-4-8(10(15)16)2-3-9(7)5-17-6-11(12,13)14/h2-4H,5-6H2,1H3,(H3,15,16). The molecule has 1 rings (SSSR count). The molecular formula is C11H13F3N2O. The van der Waals surface area contributed by atoms with Gasteiger partial charge in [-0.2, -0.15) is 13.2 Å². The molecule has 0 spiro atoms. The zero-order valence-electron chi connectivity index (χ0n) is 9.27. The van der Waals surface area contributed by atoms with Gasteiger partial charge in [0.15, 0.2) is 0 Å². The first kappa shape index (κ1) is 13.5. The SMILES string of the molecule is Cc1cc(C(=N)N)ccc1COCC(F)(F)F. The van der Waals surface area contributed by atoms with E-state index < -0.39 is 12.8 Å². The highest BCUT2D eigenvalue weighted by Gasteiger charge is 2.27. The van der Waals surface area contributed by atoms with E-state index in [9.17, 15) is 13.2 Å². The average Bonchev–Trinajstić information content (AvgIpc) is 2.18. The highest BCUT2D eigenvalue weighted by molar-refractivity contribution is 5.95. The van der Waals surface area contributed by atoms with Gasteiger partial charge in [0.2, 0.25) is 0 Å². The number of amidine groups is 1. The largest absolute Gasteiger partial charge is 0.411 e. The molecule has 0 bridgehead atoms. The van der Waals surface area contributed by atoms with Gasteiger partial charge in [0, 0.05) is 5.56 Å². The molecule has 0 unspecified atom stereocenters. The van der Waals surface area contributed by atoms with Crippen molar-refractivity contribution in [1.29, 1.82) is 5.41 Å². The minimum Gasteiger partial charge on any atom is -0.384 e. The van der Waals surface area contributed by atoms with Crippen LogP contribution in [0.25, 0.3) is 0 Å². The summed E-state index contributed by atoms with van der Waals surface area (Å²) in [5.41, 5.74) is 7.24.